The van der Waals surface area contributed by atoms with Crippen LogP contribution >= 0.6 is 0 Å². The molecule has 0 unspecified atom stereocenters. The first-order valence-corrected chi connectivity index (χ1v) is 4.66. The van der Waals surface area contributed by atoms with E-state index < -0.39 is 0 Å². The maximum Gasteiger partial charge on any atom is 0.110 e. The molecule has 1 saturated heterocycles. The zero-order valence-corrected chi connectivity index (χ0v) is 5.95. The van der Waals surface area contributed by atoms with E-state index in [0.717, 1.165) is 0 Å². The summed E-state index contributed by atoms with van der Waals surface area (Å²) in [6.07, 6.45) is 2.80. The minimum atomic E-state index is 0.113. The molecule has 3 heteroatoms. The third-order valence-corrected chi connectivity index (χ3v) is 2.58. The maximum absolute atomic E-state index is 3.24. The molecule has 0 aromatic rings. The van der Waals surface area contributed by atoms with Gasteiger partial charge in [-0.2, -0.15) is 0 Å². The van der Waals surface area contributed by atoms with Crippen LogP contribution in [-0.4, -0.2) is 16.2 Å². The molecule has 1 fully saturated rings. The molecule has 0 bridgehead atoms. The van der Waals surface area contributed by atoms with E-state index in [1.54, 1.807) is 0 Å². The van der Waals surface area contributed by atoms with Crippen LogP contribution in [0.5, 0.6) is 0 Å². The zero-order valence-electron chi connectivity index (χ0n) is 4.54. The van der Waals surface area contributed by atoms with Gasteiger partial charge in [0.2, 0.25) is 0 Å². The van der Waals surface area contributed by atoms with Crippen LogP contribution in [-0.2, 0) is 0 Å². The van der Waals surface area contributed by atoms with Gasteiger partial charge in [0.05, 0.1) is 0 Å². The van der Waals surface area contributed by atoms with Crippen molar-refractivity contribution < 1.29 is 0 Å². The summed E-state index contributed by atoms with van der Waals surface area (Å²) in [4.78, 5) is 0. The number of nitrogens with one attached hydrogen (secondary N) is 2. The first kappa shape index (κ1) is 5.28. The molecule has 0 aromatic heterocycles. The highest BCUT2D eigenvalue weighted by molar-refractivity contribution is 6.31. The van der Waals surface area contributed by atoms with Crippen LogP contribution in [0, 0.1) is 0 Å². The van der Waals surface area contributed by atoms with Crippen LogP contribution in [0.1, 0.15) is 12.8 Å². The molecule has 0 aromatic carbocycles. The van der Waals surface area contributed by atoms with Gasteiger partial charge in [0.1, 0.15) is 9.68 Å². The highest BCUT2D eigenvalue weighted by atomic mass is 28.2. The van der Waals surface area contributed by atoms with Crippen LogP contribution in [0.2, 0.25) is 6.04 Å². The molecule has 1 aliphatic heterocycles. The molecule has 0 spiro atoms. The summed E-state index contributed by atoms with van der Waals surface area (Å²) < 4.78 is 0. The Morgan fingerprint density at radius 3 is 3.29 bits per heavy atom. The van der Waals surface area contributed by atoms with Crippen molar-refractivity contribution in [3.8, 4) is 0 Å². The second kappa shape index (κ2) is 3.18. The van der Waals surface area contributed by atoms with Gasteiger partial charge in [-0.1, -0.05) is 6.42 Å². The fraction of sp³-hybridized carbons (Fsp3) is 1.00. The first-order chi connectivity index (χ1) is 3.50. The molecule has 2 nitrogen and oxygen atoms in total. The highest BCUT2D eigenvalue weighted by Gasteiger charge is 1.93. The average molecular weight is 116 g/mol. The van der Waals surface area contributed by atoms with Crippen LogP contribution in [0.4, 0.5) is 0 Å². The van der Waals surface area contributed by atoms with E-state index in [1.165, 1.54) is 25.4 Å². The van der Waals surface area contributed by atoms with Gasteiger partial charge < -0.3 is 0 Å². The summed E-state index contributed by atoms with van der Waals surface area (Å²) >= 11 is 0. The topological polar surface area (TPSA) is 24.1 Å². The Balaban J connectivity index is 2.04. The van der Waals surface area contributed by atoms with Gasteiger partial charge in [0.15, 0.2) is 0 Å². The van der Waals surface area contributed by atoms with E-state index in [1.807, 2.05) is 0 Å². The number of hydrogen-bond donors (Lipinski definition) is 2. The van der Waals surface area contributed by atoms with E-state index >= 15 is 0 Å². The summed E-state index contributed by atoms with van der Waals surface area (Å²) in [5.41, 5.74) is 3.16. The van der Waals surface area contributed by atoms with Crippen molar-refractivity contribution in [3.05, 3.63) is 0 Å². The van der Waals surface area contributed by atoms with E-state index in [-0.39, 0.29) is 9.68 Å². The lowest BCUT2D eigenvalue weighted by molar-refractivity contribution is 0.650. The van der Waals surface area contributed by atoms with Crippen LogP contribution in [0.15, 0.2) is 0 Å². The molecule has 0 aliphatic carbocycles. The lowest BCUT2D eigenvalue weighted by Gasteiger charge is -1.95. The normalized spacial score (nSPS) is 27.4. The molecule has 0 amide bonds. The van der Waals surface area contributed by atoms with Crippen molar-refractivity contribution in [1.82, 2.24) is 10.5 Å². The molecule has 1 aliphatic rings. The fourth-order valence-electron chi connectivity index (χ4n) is 0.780. The lowest BCUT2D eigenvalue weighted by atomic mass is 10.3. The summed E-state index contributed by atoms with van der Waals surface area (Å²) in [5, 5.41) is 3.24. The maximum atomic E-state index is 3.24. The second-order valence-corrected chi connectivity index (χ2v) is 3.47. The fourth-order valence-corrected chi connectivity index (χ4v) is 1.91. The van der Waals surface area contributed by atoms with Crippen LogP contribution in [0.3, 0.4) is 0 Å². The van der Waals surface area contributed by atoms with Crippen molar-refractivity contribution in [2.24, 2.45) is 0 Å². The Morgan fingerprint density at radius 1 is 1.29 bits per heavy atom. The lowest BCUT2D eigenvalue weighted by Crippen LogP contribution is -2.32. The van der Waals surface area contributed by atoms with Gasteiger partial charge in [-0.15, -0.1) is 0 Å². The van der Waals surface area contributed by atoms with Crippen molar-refractivity contribution in [3.63, 3.8) is 0 Å². The van der Waals surface area contributed by atoms with E-state index in [9.17, 15) is 0 Å². The first-order valence-electron chi connectivity index (χ1n) is 2.96. The minimum Gasteiger partial charge on any atom is -0.286 e. The SMILES string of the molecule is C1CC[SiH2]NNC1. The quantitative estimate of drug-likeness (QED) is 0.412. The number of rotatable bonds is 0. The Labute approximate surface area is 46.6 Å². The van der Waals surface area contributed by atoms with Crippen molar-refractivity contribution in [1.29, 1.82) is 0 Å². The molecule has 2 N–H and O–H groups in total. The third-order valence-electron chi connectivity index (χ3n) is 1.23. The van der Waals surface area contributed by atoms with Crippen molar-refractivity contribution in [2.75, 3.05) is 6.54 Å². The molecule has 1 heterocycles. The summed E-state index contributed by atoms with van der Waals surface area (Å²) in [5.74, 6) is 0. The molecular formula is C4H12N2Si. The number of hydrazine groups is 1. The Bertz CT molecular complexity index is 29.3. The molecular weight excluding hydrogens is 104 g/mol. The van der Waals surface area contributed by atoms with Gasteiger partial charge in [0, 0.05) is 6.54 Å². The van der Waals surface area contributed by atoms with Crippen LogP contribution in [0.25, 0.3) is 0 Å². The van der Waals surface area contributed by atoms with Crippen molar-refractivity contribution in [2.45, 2.75) is 18.9 Å². The van der Waals surface area contributed by atoms with Gasteiger partial charge in [-0.05, 0) is 12.5 Å². The van der Waals surface area contributed by atoms with Crippen molar-refractivity contribution >= 4 is 9.68 Å². The Morgan fingerprint density at radius 2 is 2.29 bits per heavy atom. The molecule has 42 valence electrons. The predicted octanol–water partition coefficient (Wildman–Crippen LogP) is -0.624. The number of hydrogen-bond acceptors (Lipinski definition) is 2. The minimum absolute atomic E-state index is 0.113. The predicted molar refractivity (Wildman–Crippen MR) is 33.7 cm³/mol. The van der Waals surface area contributed by atoms with E-state index in [2.05, 4.69) is 10.5 Å². The largest absolute Gasteiger partial charge is 0.286 e. The summed E-state index contributed by atoms with van der Waals surface area (Å²) in [6, 6.07) is 1.47. The Hall–Kier alpha value is 0.137. The third kappa shape index (κ3) is 2.06. The van der Waals surface area contributed by atoms with Gasteiger partial charge >= 0.3 is 0 Å². The zero-order chi connectivity index (χ0) is 4.95. The molecule has 0 radical (unpaired) electrons. The van der Waals surface area contributed by atoms with Gasteiger partial charge in [-0.3, -0.25) is 10.5 Å². The Kier molecular flexibility index (Phi) is 2.40. The smallest absolute Gasteiger partial charge is 0.110 e. The standard InChI is InChI=1S/C4H12N2Si/c1-2-4-7-6-5-3-1/h5-6H,1-4,7H2. The van der Waals surface area contributed by atoms with E-state index in [0.29, 0.717) is 0 Å². The highest BCUT2D eigenvalue weighted by Crippen LogP contribution is 1.93. The molecule has 0 saturated carbocycles. The van der Waals surface area contributed by atoms with Gasteiger partial charge in [-0.25, -0.2) is 0 Å². The van der Waals surface area contributed by atoms with Gasteiger partial charge in [0.25, 0.3) is 0 Å². The second-order valence-electron chi connectivity index (χ2n) is 1.91. The summed E-state index contributed by atoms with van der Waals surface area (Å²) in [6.45, 7) is 1.17. The monoisotopic (exact) mass is 116 g/mol. The summed E-state index contributed by atoms with van der Waals surface area (Å²) in [7, 11) is 0.113. The molecule has 1 rings (SSSR count). The van der Waals surface area contributed by atoms with E-state index in [4.69, 9.17) is 0 Å². The molecule has 0 atom stereocenters. The molecule has 7 heavy (non-hydrogen) atoms. The van der Waals surface area contributed by atoms with Crippen LogP contribution < -0.4 is 10.5 Å². The average Bonchev–Trinajstić information content (AvgIpc) is 1.90.